The highest BCUT2D eigenvalue weighted by Crippen LogP contribution is 2.36. The summed E-state index contributed by atoms with van der Waals surface area (Å²) in [6, 6.07) is 7.71. The van der Waals surface area contributed by atoms with E-state index in [1.807, 2.05) is 24.3 Å². The zero-order valence-corrected chi connectivity index (χ0v) is 12.2. The number of para-hydroxylation sites is 1. The summed E-state index contributed by atoms with van der Waals surface area (Å²) in [5.74, 6) is -0.536. The summed E-state index contributed by atoms with van der Waals surface area (Å²) < 4.78 is 0. The fourth-order valence-electron chi connectivity index (χ4n) is 3.50. The lowest BCUT2D eigenvalue weighted by molar-refractivity contribution is -0.138. The van der Waals surface area contributed by atoms with Crippen LogP contribution in [0, 0.1) is 0 Å². The van der Waals surface area contributed by atoms with Crippen LogP contribution in [-0.4, -0.2) is 35.3 Å². The monoisotopic (exact) mass is 287 g/mol. The molecule has 0 spiro atoms. The zero-order chi connectivity index (χ0) is 15.0. The predicted octanol–water partition coefficient (Wildman–Crippen LogP) is 1.45. The van der Waals surface area contributed by atoms with Gasteiger partial charge in [-0.3, -0.25) is 9.59 Å². The number of amides is 2. The van der Waals surface area contributed by atoms with Gasteiger partial charge in [-0.2, -0.15) is 0 Å². The number of likely N-dealkylation sites (tertiary alicyclic amines) is 1. The number of carbonyl (C=O) groups excluding carboxylic acids is 2. The number of carbonyl (C=O) groups is 2. The second-order valence-corrected chi connectivity index (χ2v) is 6.01. The molecular formula is C16H21N3O2. The van der Waals surface area contributed by atoms with Crippen molar-refractivity contribution >= 4 is 17.5 Å². The van der Waals surface area contributed by atoms with E-state index in [-0.39, 0.29) is 17.9 Å². The van der Waals surface area contributed by atoms with Crippen LogP contribution >= 0.6 is 0 Å². The van der Waals surface area contributed by atoms with Crippen LogP contribution in [0.1, 0.15) is 37.7 Å². The highest BCUT2D eigenvalue weighted by Gasteiger charge is 2.38. The van der Waals surface area contributed by atoms with Crippen molar-refractivity contribution in [2.75, 3.05) is 11.9 Å². The van der Waals surface area contributed by atoms with Crippen LogP contribution in [-0.2, 0) is 9.59 Å². The first kappa shape index (κ1) is 13.9. The van der Waals surface area contributed by atoms with Crippen LogP contribution < -0.4 is 11.1 Å². The van der Waals surface area contributed by atoms with E-state index in [9.17, 15) is 9.59 Å². The van der Waals surface area contributed by atoms with E-state index in [4.69, 9.17) is 5.73 Å². The second-order valence-electron chi connectivity index (χ2n) is 6.01. The van der Waals surface area contributed by atoms with Gasteiger partial charge in [0.15, 0.2) is 0 Å². The van der Waals surface area contributed by atoms with Crippen LogP contribution in [0.3, 0.4) is 0 Å². The standard InChI is InChI=1S/C16H21N3O2/c1-10-9-12(11-5-2-3-6-13(11)18-10)16(21)19-8-4-7-14(19)15(17)20/h2-3,5-6,10,12,14,18H,4,7-9H2,1H3,(H2,17,20). The summed E-state index contributed by atoms with van der Waals surface area (Å²) in [5, 5.41) is 3.41. The molecule has 2 heterocycles. The molecule has 5 nitrogen and oxygen atoms in total. The maximum absolute atomic E-state index is 12.9. The maximum atomic E-state index is 12.9. The molecule has 2 aliphatic heterocycles. The van der Waals surface area contributed by atoms with Gasteiger partial charge in [-0.05, 0) is 37.8 Å². The molecule has 3 unspecified atom stereocenters. The molecule has 1 aromatic carbocycles. The Balaban J connectivity index is 1.89. The largest absolute Gasteiger partial charge is 0.382 e. The van der Waals surface area contributed by atoms with Crippen LogP contribution in [0.4, 0.5) is 5.69 Å². The van der Waals surface area contributed by atoms with E-state index in [1.165, 1.54) is 0 Å². The molecule has 1 fully saturated rings. The van der Waals surface area contributed by atoms with Gasteiger partial charge in [0, 0.05) is 18.3 Å². The SMILES string of the molecule is CC1CC(C(=O)N2CCCC2C(N)=O)c2ccccc2N1. The van der Waals surface area contributed by atoms with E-state index in [2.05, 4.69) is 12.2 Å². The minimum Gasteiger partial charge on any atom is -0.382 e. The van der Waals surface area contributed by atoms with E-state index in [0.29, 0.717) is 13.0 Å². The smallest absolute Gasteiger partial charge is 0.240 e. The summed E-state index contributed by atoms with van der Waals surface area (Å²) in [4.78, 5) is 26.1. The topological polar surface area (TPSA) is 75.4 Å². The van der Waals surface area contributed by atoms with E-state index < -0.39 is 11.9 Å². The van der Waals surface area contributed by atoms with Crippen molar-refractivity contribution in [3.05, 3.63) is 29.8 Å². The first-order valence-corrected chi connectivity index (χ1v) is 7.53. The molecule has 0 saturated carbocycles. The third-order valence-electron chi connectivity index (χ3n) is 4.49. The number of nitrogens with two attached hydrogens (primary N) is 1. The molecule has 1 aromatic rings. The Labute approximate surface area is 124 Å². The van der Waals surface area contributed by atoms with Crippen LogP contribution in [0.15, 0.2) is 24.3 Å². The Hall–Kier alpha value is -2.04. The maximum Gasteiger partial charge on any atom is 0.240 e. The van der Waals surface area contributed by atoms with Gasteiger partial charge in [0.2, 0.25) is 11.8 Å². The fourth-order valence-corrected chi connectivity index (χ4v) is 3.50. The molecule has 2 amide bonds. The van der Waals surface area contributed by atoms with Gasteiger partial charge in [0.1, 0.15) is 6.04 Å². The first-order chi connectivity index (χ1) is 10.1. The van der Waals surface area contributed by atoms with Gasteiger partial charge in [0.05, 0.1) is 5.92 Å². The zero-order valence-electron chi connectivity index (χ0n) is 12.2. The van der Waals surface area contributed by atoms with Gasteiger partial charge in [0.25, 0.3) is 0 Å². The van der Waals surface area contributed by atoms with Gasteiger partial charge < -0.3 is 16.0 Å². The summed E-state index contributed by atoms with van der Waals surface area (Å²) >= 11 is 0. The number of anilines is 1. The number of nitrogens with one attached hydrogen (secondary N) is 1. The first-order valence-electron chi connectivity index (χ1n) is 7.53. The molecule has 0 bridgehead atoms. The number of primary amides is 1. The van der Waals surface area contributed by atoms with Crippen molar-refractivity contribution in [2.24, 2.45) is 5.73 Å². The molecule has 3 atom stereocenters. The van der Waals surface area contributed by atoms with Crippen molar-refractivity contribution in [2.45, 2.75) is 44.2 Å². The highest BCUT2D eigenvalue weighted by atomic mass is 16.2. The Bertz CT molecular complexity index is 572. The lowest BCUT2D eigenvalue weighted by Crippen LogP contribution is -2.46. The van der Waals surface area contributed by atoms with Gasteiger partial charge >= 0.3 is 0 Å². The summed E-state index contributed by atoms with van der Waals surface area (Å²) in [5.41, 5.74) is 7.47. The molecule has 5 heteroatoms. The molecule has 0 radical (unpaired) electrons. The number of hydrogen-bond acceptors (Lipinski definition) is 3. The van der Waals surface area contributed by atoms with Crippen LogP contribution in [0.5, 0.6) is 0 Å². The van der Waals surface area contributed by atoms with Crippen molar-refractivity contribution in [3.8, 4) is 0 Å². The summed E-state index contributed by atoms with van der Waals surface area (Å²) in [6.45, 7) is 2.71. The second kappa shape index (κ2) is 5.39. The number of hydrogen-bond donors (Lipinski definition) is 2. The van der Waals surface area contributed by atoms with E-state index in [1.54, 1.807) is 4.90 Å². The number of rotatable bonds is 2. The normalized spacial score (nSPS) is 27.9. The lowest BCUT2D eigenvalue weighted by Gasteiger charge is -2.34. The molecule has 1 saturated heterocycles. The third kappa shape index (κ3) is 2.48. The van der Waals surface area contributed by atoms with Crippen LogP contribution in [0.25, 0.3) is 0 Å². The molecule has 0 aromatic heterocycles. The predicted molar refractivity (Wildman–Crippen MR) is 80.8 cm³/mol. The van der Waals surface area contributed by atoms with Crippen molar-refractivity contribution in [3.63, 3.8) is 0 Å². The lowest BCUT2D eigenvalue weighted by atomic mass is 9.86. The van der Waals surface area contributed by atoms with E-state index >= 15 is 0 Å². The van der Waals surface area contributed by atoms with Gasteiger partial charge in [-0.25, -0.2) is 0 Å². The molecule has 21 heavy (non-hydrogen) atoms. The minimum absolute atomic E-state index is 0.0390. The van der Waals surface area contributed by atoms with Crippen LogP contribution in [0.2, 0.25) is 0 Å². The quantitative estimate of drug-likeness (QED) is 0.864. The van der Waals surface area contributed by atoms with Crippen molar-refractivity contribution in [1.82, 2.24) is 4.90 Å². The Morgan fingerprint density at radius 2 is 2.10 bits per heavy atom. The molecule has 3 N–H and O–H groups in total. The average molecular weight is 287 g/mol. The molecule has 112 valence electrons. The molecular weight excluding hydrogens is 266 g/mol. The Morgan fingerprint density at radius 1 is 1.33 bits per heavy atom. The average Bonchev–Trinajstić information content (AvgIpc) is 2.95. The highest BCUT2D eigenvalue weighted by molar-refractivity contribution is 5.91. The molecule has 3 rings (SSSR count). The van der Waals surface area contributed by atoms with Crippen molar-refractivity contribution in [1.29, 1.82) is 0 Å². The van der Waals surface area contributed by atoms with Gasteiger partial charge in [-0.1, -0.05) is 18.2 Å². The molecule has 0 aliphatic carbocycles. The summed E-state index contributed by atoms with van der Waals surface area (Å²) in [7, 11) is 0. The minimum atomic E-state index is -0.435. The number of nitrogens with zero attached hydrogens (tertiary/aromatic N) is 1. The number of fused-ring (bicyclic) bond motifs is 1. The van der Waals surface area contributed by atoms with Gasteiger partial charge in [-0.15, -0.1) is 0 Å². The molecule has 2 aliphatic rings. The third-order valence-corrected chi connectivity index (χ3v) is 4.49. The van der Waals surface area contributed by atoms with E-state index in [0.717, 1.165) is 24.1 Å². The Kier molecular flexibility index (Phi) is 3.57. The van der Waals surface area contributed by atoms with Crippen molar-refractivity contribution < 1.29 is 9.59 Å². The summed E-state index contributed by atoms with van der Waals surface area (Å²) in [6.07, 6.45) is 2.28. The Morgan fingerprint density at radius 3 is 2.86 bits per heavy atom. The number of benzene rings is 1. The fraction of sp³-hybridized carbons (Fsp3) is 0.500.